The van der Waals surface area contributed by atoms with Gasteiger partial charge in [-0.15, -0.1) is 4.79 Å². The van der Waals surface area contributed by atoms with Crippen LogP contribution in [-0.2, 0) is 11.3 Å². The summed E-state index contributed by atoms with van der Waals surface area (Å²) in [5, 5.41) is 13.6. The molecule has 1 aromatic carbocycles. The summed E-state index contributed by atoms with van der Waals surface area (Å²) in [6.07, 6.45) is 0. The van der Waals surface area contributed by atoms with Gasteiger partial charge in [0.25, 0.3) is 11.9 Å². The number of benzene rings is 1. The quantitative estimate of drug-likeness (QED) is 0.665. The van der Waals surface area contributed by atoms with Gasteiger partial charge in [0.1, 0.15) is 5.75 Å². The molecular weight excluding hydrogens is 378 g/mol. The third-order valence-electron chi connectivity index (χ3n) is 2.81. The summed E-state index contributed by atoms with van der Waals surface area (Å²) in [7, 11) is 0. The second kappa shape index (κ2) is 7.47. The number of nitrogens with zero attached hydrogens (tertiary/aromatic N) is 4. The summed E-state index contributed by atoms with van der Waals surface area (Å²) in [5.41, 5.74) is 9.08. The lowest BCUT2D eigenvalue weighted by Crippen LogP contribution is -2.43. The van der Waals surface area contributed by atoms with Gasteiger partial charge >= 0.3 is 0 Å². The zero-order valence-electron chi connectivity index (χ0n) is 13.7. The average molecular weight is 398 g/mol. The lowest BCUT2D eigenvalue weighted by molar-refractivity contribution is -0.124. The van der Waals surface area contributed by atoms with E-state index in [2.05, 4.69) is 42.2 Å². The Bertz CT molecular complexity index is 711. The van der Waals surface area contributed by atoms with Crippen LogP contribution in [0, 0.1) is 0 Å². The molecule has 4 N–H and O–H groups in total. The van der Waals surface area contributed by atoms with E-state index in [0.29, 0.717) is 12.3 Å². The minimum absolute atomic E-state index is 0.0705. The van der Waals surface area contributed by atoms with Gasteiger partial charge in [0.15, 0.2) is 6.61 Å². The molecule has 0 bridgehead atoms. The van der Waals surface area contributed by atoms with Crippen LogP contribution in [0.4, 0.5) is 5.95 Å². The molecule has 0 aliphatic carbocycles. The van der Waals surface area contributed by atoms with Crippen LogP contribution in [0.15, 0.2) is 22.7 Å². The van der Waals surface area contributed by atoms with Crippen LogP contribution in [0.3, 0.4) is 0 Å². The first-order valence-electron chi connectivity index (χ1n) is 7.24. The molecule has 130 valence electrons. The Kier molecular flexibility index (Phi) is 5.60. The molecular formula is C14H20BrN7O2. The summed E-state index contributed by atoms with van der Waals surface area (Å²) in [4.78, 5) is 13.2. The van der Waals surface area contributed by atoms with E-state index in [9.17, 15) is 4.79 Å². The number of nitrogens with one attached hydrogen (secondary N) is 2. The summed E-state index contributed by atoms with van der Waals surface area (Å²) < 4.78 is 6.52. The molecule has 0 spiro atoms. The van der Waals surface area contributed by atoms with Gasteiger partial charge in [0.2, 0.25) is 0 Å². The van der Waals surface area contributed by atoms with E-state index in [-0.39, 0.29) is 24.0 Å². The third-order valence-corrected chi connectivity index (χ3v) is 3.30. The second-order valence-electron chi connectivity index (χ2n) is 6.12. The number of rotatable bonds is 6. The molecule has 0 aliphatic heterocycles. The van der Waals surface area contributed by atoms with Crippen LogP contribution in [0.2, 0.25) is 0 Å². The molecule has 9 nitrogen and oxygen atoms in total. The standard InChI is InChI=1S/C14H20BrN7O2/c1-14(2,3)18-12(23)8-24-11-5-4-10(15)6-9(11)7-17-22-13(16)19-20-21-22/h4-6,17H,7-8H2,1-3H3,(H,18,23)(H2,16,19,21). The predicted octanol–water partition coefficient (Wildman–Crippen LogP) is 1.05. The highest BCUT2D eigenvalue weighted by Gasteiger charge is 2.15. The minimum Gasteiger partial charge on any atom is -0.483 e. The van der Waals surface area contributed by atoms with Crippen molar-refractivity contribution in [2.24, 2.45) is 0 Å². The molecule has 0 atom stereocenters. The number of carbonyl (C=O) groups is 1. The Balaban J connectivity index is 2.02. The number of carbonyl (C=O) groups excluding carboxylic acids is 1. The van der Waals surface area contributed by atoms with Gasteiger partial charge in [-0.2, -0.15) is 0 Å². The largest absolute Gasteiger partial charge is 0.483 e. The molecule has 1 heterocycles. The van der Waals surface area contributed by atoms with Crippen molar-refractivity contribution in [1.29, 1.82) is 0 Å². The molecule has 0 saturated carbocycles. The van der Waals surface area contributed by atoms with Gasteiger partial charge in [0, 0.05) is 15.6 Å². The maximum atomic E-state index is 11.9. The van der Waals surface area contributed by atoms with Crippen LogP contribution in [0.5, 0.6) is 5.75 Å². The van der Waals surface area contributed by atoms with Crippen molar-refractivity contribution in [3.63, 3.8) is 0 Å². The van der Waals surface area contributed by atoms with Crippen LogP contribution < -0.4 is 21.2 Å². The summed E-state index contributed by atoms with van der Waals surface area (Å²) in [5.74, 6) is 0.549. The topological polar surface area (TPSA) is 120 Å². The molecule has 24 heavy (non-hydrogen) atoms. The van der Waals surface area contributed by atoms with E-state index in [1.807, 2.05) is 32.9 Å². The van der Waals surface area contributed by atoms with Crippen LogP contribution in [0.25, 0.3) is 0 Å². The number of nitrogens with two attached hydrogens (primary N) is 1. The zero-order chi connectivity index (χ0) is 17.7. The highest BCUT2D eigenvalue weighted by Crippen LogP contribution is 2.23. The Hall–Kier alpha value is -2.36. The number of halogens is 1. The Morgan fingerprint density at radius 2 is 2.17 bits per heavy atom. The summed E-state index contributed by atoms with van der Waals surface area (Å²) >= 11 is 3.41. The lowest BCUT2D eigenvalue weighted by atomic mass is 10.1. The summed E-state index contributed by atoms with van der Waals surface area (Å²) in [6, 6.07) is 5.50. The van der Waals surface area contributed by atoms with E-state index < -0.39 is 0 Å². The summed E-state index contributed by atoms with van der Waals surface area (Å²) in [6.45, 7) is 6.03. The first kappa shape index (κ1) is 18.0. The first-order chi connectivity index (χ1) is 11.2. The number of ether oxygens (including phenoxy) is 1. The fourth-order valence-electron chi connectivity index (χ4n) is 1.89. The van der Waals surface area contributed by atoms with E-state index in [1.54, 1.807) is 6.07 Å². The minimum atomic E-state index is -0.303. The van der Waals surface area contributed by atoms with Crippen LogP contribution >= 0.6 is 15.9 Å². The van der Waals surface area contributed by atoms with Crippen molar-refractivity contribution in [3.8, 4) is 5.75 Å². The van der Waals surface area contributed by atoms with Crippen LogP contribution in [0.1, 0.15) is 26.3 Å². The van der Waals surface area contributed by atoms with Gasteiger partial charge in [-0.1, -0.05) is 21.0 Å². The third kappa shape index (κ3) is 5.37. The smallest absolute Gasteiger partial charge is 0.260 e. The highest BCUT2D eigenvalue weighted by atomic mass is 79.9. The van der Waals surface area contributed by atoms with Crippen molar-refractivity contribution in [3.05, 3.63) is 28.2 Å². The number of hydrogen-bond acceptors (Lipinski definition) is 7. The van der Waals surface area contributed by atoms with Crippen molar-refractivity contribution in [2.45, 2.75) is 32.9 Å². The average Bonchev–Trinajstić information content (AvgIpc) is 2.87. The SMILES string of the molecule is CC(C)(C)NC(=O)COc1ccc(Br)cc1CNn1nnnc1N. The van der Waals surface area contributed by atoms with Crippen molar-refractivity contribution >= 4 is 27.8 Å². The molecule has 0 unspecified atom stereocenters. The second-order valence-corrected chi connectivity index (χ2v) is 7.04. The molecule has 0 fully saturated rings. The predicted molar refractivity (Wildman–Crippen MR) is 92.8 cm³/mol. The number of aromatic nitrogens is 4. The van der Waals surface area contributed by atoms with E-state index >= 15 is 0 Å². The lowest BCUT2D eigenvalue weighted by Gasteiger charge is -2.21. The fourth-order valence-corrected chi connectivity index (χ4v) is 2.30. The maximum absolute atomic E-state index is 11.9. The van der Waals surface area contributed by atoms with Gasteiger partial charge in [-0.25, -0.2) is 0 Å². The molecule has 2 aromatic rings. The van der Waals surface area contributed by atoms with Crippen molar-refractivity contribution in [2.75, 3.05) is 17.8 Å². The first-order valence-corrected chi connectivity index (χ1v) is 8.04. The maximum Gasteiger partial charge on any atom is 0.260 e. The van der Waals surface area contributed by atoms with Crippen molar-refractivity contribution in [1.82, 2.24) is 25.6 Å². The van der Waals surface area contributed by atoms with Gasteiger partial charge in [-0.05, 0) is 49.4 Å². The molecule has 1 aromatic heterocycles. The molecule has 0 saturated heterocycles. The number of nitrogen functional groups attached to an aromatic ring is 1. The number of amides is 1. The normalized spacial score (nSPS) is 11.2. The Labute approximate surface area is 148 Å². The number of tetrazole rings is 1. The number of anilines is 1. The van der Waals surface area contributed by atoms with Gasteiger partial charge in [-0.3, -0.25) is 4.79 Å². The molecule has 1 amide bonds. The van der Waals surface area contributed by atoms with Crippen LogP contribution in [-0.4, -0.2) is 38.4 Å². The fraction of sp³-hybridized carbons (Fsp3) is 0.429. The monoisotopic (exact) mass is 397 g/mol. The zero-order valence-corrected chi connectivity index (χ0v) is 15.3. The van der Waals surface area contributed by atoms with Gasteiger partial charge in [0.05, 0.1) is 6.54 Å². The molecule has 0 radical (unpaired) electrons. The van der Waals surface area contributed by atoms with E-state index in [4.69, 9.17) is 10.5 Å². The van der Waals surface area contributed by atoms with E-state index in [1.165, 1.54) is 4.79 Å². The van der Waals surface area contributed by atoms with Gasteiger partial charge < -0.3 is 21.2 Å². The molecule has 10 heteroatoms. The molecule has 2 rings (SSSR count). The Morgan fingerprint density at radius 1 is 1.42 bits per heavy atom. The molecule has 0 aliphatic rings. The highest BCUT2D eigenvalue weighted by molar-refractivity contribution is 9.10. The Morgan fingerprint density at radius 3 is 2.79 bits per heavy atom. The van der Waals surface area contributed by atoms with E-state index in [0.717, 1.165) is 10.0 Å². The number of hydrogen-bond donors (Lipinski definition) is 3. The van der Waals surface area contributed by atoms with Crippen molar-refractivity contribution < 1.29 is 9.53 Å².